The van der Waals surface area contributed by atoms with Crippen LogP contribution in [0.4, 0.5) is 5.13 Å². The van der Waals surface area contributed by atoms with Crippen LogP contribution in [0.1, 0.15) is 34.8 Å². The van der Waals surface area contributed by atoms with E-state index in [0.29, 0.717) is 22.9 Å². The number of methoxy groups -OCH3 is 1. The molecule has 7 heteroatoms. The van der Waals surface area contributed by atoms with Crippen LogP contribution in [0.5, 0.6) is 11.5 Å². The first-order valence-electron chi connectivity index (χ1n) is 8.57. The van der Waals surface area contributed by atoms with Gasteiger partial charge in [0, 0.05) is 12.0 Å². The number of carbonyl (C=O) groups excluding carboxylic acids is 1. The number of carbonyl (C=O) groups is 1. The van der Waals surface area contributed by atoms with E-state index >= 15 is 0 Å². The van der Waals surface area contributed by atoms with Gasteiger partial charge in [0.15, 0.2) is 0 Å². The number of benzene rings is 2. The summed E-state index contributed by atoms with van der Waals surface area (Å²) < 4.78 is 10.8. The predicted molar refractivity (Wildman–Crippen MR) is 106 cm³/mol. The third kappa shape index (κ3) is 5.27. The number of anilines is 1. The van der Waals surface area contributed by atoms with E-state index in [1.807, 2.05) is 44.2 Å². The number of nitrogens with zero attached hydrogens (tertiary/aromatic N) is 2. The number of rotatable bonds is 7. The summed E-state index contributed by atoms with van der Waals surface area (Å²) in [7, 11) is 1.64. The molecule has 140 valence electrons. The van der Waals surface area contributed by atoms with Gasteiger partial charge in [-0.1, -0.05) is 29.5 Å². The summed E-state index contributed by atoms with van der Waals surface area (Å²) in [6.07, 6.45) is 0.696. The van der Waals surface area contributed by atoms with Gasteiger partial charge >= 0.3 is 0 Å². The van der Waals surface area contributed by atoms with E-state index in [4.69, 9.17) is 9.47 Å². The van der Waals surface area contributed by atoms with E-state index < -0.39 is 0 Å². The van der Waals surface area contributed by atoms with E-state index in [0.717, 1.165) is 16.3 Å². The molecule has 1 aromatic heterocycles. The molecule has 0 saturated heterocycles. The van der Waals surface area contributed by atoms with Crippen LogP contribution in [0.2, 0.25) is 0 Å². The van der Waals surface area contributed by atoms with Crippen LogP contribution in [-0.2, 0) is 6.42 Å². The fraction of sp³-hybridized carbons (Fsp3) is 0.250. The fourth-order valence-electron chi connectivity index (χ4n) is 2.45. The SMILES string of the molecule is COc1ccc(Cc2nnc(NC(=O)c3cccc(OC(C)C)c3)s2)cc1. The maximum Gasteiger partial charge on any atom is 0.257 e. The highest BCUT2D eigenvalue weighted by Crippen LogP contribution is 2.21. The van der Waals surface area contributed by atoms with Gasteiger partial charge in [0.25, 0.3) is 5.91 Å². The minimum absolute atomic E-state index is 0.0481. The molecule has 6 nitrogen and oxygen atoms in total. The maximum atomic E-state index is 12.4. The van der Waals surface area contributed by atoms with Gasteiger partial charge in [0.2, 0.25) is 5.13 Å². The van der Waals surface area contributed by atoms with E-state index in [1.165, 1.54) is 11.3 Å². The largest absolute Gasteiger partial charge is 0.497 e. The van der Waals surface area contributed by atoms with Gasteiger partial charge in [-0.25, -0.2) is 0 Å². The highest BCUT2D eigenvalue weighted by atomic mass is 32.1. The zero-order valence-corrected chi connectivity index (χ0v) is 16.2. The van der Waals surface area contributed by atoms with Gasteiger partial charge in [-0.15, -0.1) is 10.2 Å². The molecule has 0 aliphatic rings. The van der Waals surface area contributed by atoms with Gasteiger partial charge in [-0.05, 0) is 49.7 Å². The fourth-order valence-corrected chi connectivity index (χ4v) is 3.21. The molecular weight excluding hydrogens is 362 g/mol. The molecule has 0 bridgehead atoms. The maximum absolute atomic E-state index is 12.4. The van der Waals surface area contributed by atoms with Crippen LogP contribution >= 0.6 is 11.3 Å². The van der Waals surface area contributed by atoms with Crippen LogP contribution in [0.3, 0.4) is 0 Å². The molecule has 3 aromatic rings. The minimum atomic E-state index is -0.239. The first kappa shape index (κ1) is 18.8. The smallest absolute Gasteiger partial charge is 0.257 e. The molecule has 0 spiro atoms. The monoisotopic (exact) mass is 383 g/mol. The molecule has 2 aromatic carbocycles. The topological polar surface area (TPSA) is 73.3 Å². The van der Waals surface area contributed by atoms with E-state index in [9.17, 15) is 4.79 Å². The predicted octanol–water partition coefficient (Wildman–Crippen LogP) is 4.18. The summed E-state index contributed by atoms with van der Waals surface area (Å²) in [6, 6.07) is 14.9. The van der Waals surface area contributed by atoms with Crippen LogP contribution < -0.4 is 14.8 Å². The van der Waals surface area contributed by atoms with Crippen LogP contribution in [0, 0.1) is 0 Å². The lowest BCUT2D eigenvalue weighted by Crippen LogP contribution is -2.12. The molecule has 0 saturated carbocycles. The Hall–Kier alpha value is -2.93. The Morgan fingerprint density at radius 2 is 1.89 bits per heavy atom. The average molecular weight is 383 g/mol. The average Bonchev–Trinajstić information content (AvgIpc) is 3.09. The van der Waals surface area contributed by atoms with Crippen molar-refractivity contribution in [2.24, 2.45) is 0 Å². The lowest BCUT2D eigenvalue weighted by atomic mass is 10.1. The van der Waals surface area contributed by atoms with Gasteiger partial charge in [-0.2, -0.15) is 0 Å². The van der Waals surface area contributed by atoms with Gasteiger partial charge in [0.1, 0.15) is 16.5 Å². The Morgan fingerprint density at radius 3 is 2.59 bits per heavy atom. The summed E-state index contributed by atoms with van der Waals surface area (Å²) in [5.41, 5.74) is 1.61. The van der Waals surface area contributed by atoms with Crippen LogP contribution in [0.15, 0.2) is 48.5 Å². The molecule has 0 atom stereocenters. The van der Waals surface area contributed by atoms with Crippen molar-refractivity contribution in [3.8, 4) is 11.5 Å². The molecule has 27 heavy (non-hydrogen) atoms. The standard InChI is InChI=1S/C20H21N3O3S/c1-13(2)26-17-6-4-5-15(12-17)19(24)21-20-23-22-18(27-20)11-14-7-9-16(25-3)10-8-14/h4-10,12-13H,11H2,1-3H3,(H,21,23,24). The number of hydrogen-bond donors (Lipinski definition) is 1. The van der Waals surface area contributed by atoms with Gasteiger partial charge in [0.05, 0.1) is 13.2 Å². The normalized spacial score (nSPS) is 10.7. The van der Waals surface area contributed by atoms with E-state index in [1.54, 1.807) is 25.3 Å². The second-order valence-electron chi connectivity index (χ2n) is 6.17. The van der Waals surface area contributed by atoms with Crippen LogP contribution in [-0.4, -0.2) is 29.3 Å². The molecule has 1 amide bonds. The number of ether oxygens (including phenoxy) is 2. The molecule has 0 fully saturated rings. The Kier molecular flexibility index (Phi) is 6.03. The molecule has 0 unspecified atom stereocenters. The van der Waals surface area contributed by atoms with Crippen molar-refractivity contribution in [2.75, 3.05) is 12.4 Å². The summed E-state index contributed by atoms with van der Waals surface area (Å²) in [5, 5.41) is 12.3. The summed E-state index contributed by atoms with van der Waals surface area (Å²) in [6.45, 7) is 3.89. The number of amides is 1. The molecule has 0 aliphatic heterocycles. The van der Waals surface area contributed by atoms with Crippen molar-refractivity contribution < 1.29 is 14.3 Å². The summed E-state index contributed by atoms with van der Waals surface area (Å²) in [4.78, 5) is 12.4. The lowest BCUT2D eigenvalue weighted by Gasteiger charge is -2.10. The van der Waals surface area contributed by atoms with Crippen molar-refractivity contribution in [1.82, 2.24) is 10.2 Å². The number of hydrogen-bond acceptors (Lipinski definition) is 6. The molecule has 0 radical (unpaired) electrons. The summed E-state index contributed by atoms with van der Waals surface area (Å²) >= 11 is 1.36. The second kappa shape index (κ2) is 8.64. The lowest BCUT2D eigenvalue weighted by molar-refractivity contribution is 0.102. The zero-order chi connectivity index (χ0) is 19.2. The first-order valence-corrected chi connectivity index (χ1v) is 9.38. The third-order valence-corrected chi connectivity index (χ3v) is 4.51. The van der Waals surface area contributed by atoms with Crippen molar-refractivity contribution in [2.45, 2.75) is 26.4 Å². The Morgan fingerprint density at radius 1 is 1.11 bits per heavy atom. The number of aromatic nitrogens is 2. The van der Waals surface area contributed by atoms with Gasteiger partial charge in [-0.3, -0.25) is 10.1 Å². The van der Waals surface area contributed by atoms with Crippen molar-refractivity contribution >= 4 is 22.4 Å². The summed E-state index contributed by atoms with van der Waals surface area (Å²) in [5.74, 6) is 1.24. The highest BCUT2D eigenvalue weighted by Gasteiger charge is 2.12. The number of nitrogens with one attached hydrogen (secondary N) is 1. The van der Waals surface area contributed by atoms with Crippen molar-refractivity contribution in [3.63, 3.8) is 0 Å². The quantitative estimate of drug-likeness (QED) is 0.663. The molecule has 1 N–H and O–H groups in total. The Labute approximate surface area is 162 Å². The van der Waals surface area contributed by atoms with Crippen molar-refractivity contribution in [3.05, 3.63) is 64.7 Å². The highest BCUT2D eigenvalue weighted by molar-refractivity contribution is 7.15. The minimum Gasteiger partial charge on any atom is -0.497 e. The molecular formula is C20H21N3O3S. The van der Waals surface area contributed by atoms with E-state index in [-0.39, 0.29) is 12.0 Å². The first-order chi connectivity index (χ1) is 13.0. The Bertz CT molecular complexity index is 907. The van der Waals surface area contributed by atoms with E-state index in [2.05, 4.69) is 15.5 Å². The molecule has 0 aliphatic carbocycles. The molecule has 1 heterocycles. The third-order valence-electron chi connectivity index (χ3n) is 3.67. The zero-order valence-electron chi connectivity index (χ0n) is 15.4. The Balaban J connectivity index is 1.63. The molecule has 3 rings (SSSR count). The van der Waals surface area contributed by atoms with Gasteiger partial charge < -0.3 is 9.47 Å². The van der Waals surface area contributed by atoms with Crippen molar-refractivity contribution in [1.29, 1.82) is 0 Å². The second-order valence-corrected chi connectivity index (χ2v) is 7.24. The van der Waals surface area contributed by atoms with Crippen LogP contribution in [0.25, 0.3) is 0 Å².